The van der Waals surface area contributed by atoms with Crippen LogP contribution in [0.5, 0.6) is 0 Å². The van der Waals surface area contributed by atoms with E-state index in [1.54, 1.807) is 0 Å². The minimum absolute atomic E-state index is 0.533. The molecule has 0 radical (unpaired) electrons. The molecule has 0 aliphatic rings. The zero-order valence-electron chi connectivity index (χ0n) is 7.24. The molecular weight excluding hydrogens is 179 g/mol. The van der Waals surface area contributed by atoms with E-state index < -0.39 is 16.4 Å². The first-order valence-corrected chi connectivity index (χ1v) is 8.05. The Balaban J connectivity index is 3.69. The van der Waals surface area contributed by atoms with E-state index in [-0.39, 0.29) is 0 Å². The maximum Gasteiger partial charge on any atom is 0.327 e. The molecule has 0 spiro atoms. The van der Waals surface area contributed by atoms with Gasteiger partial charge in [-0.2, -0.15) is 0 Å². The summed E-state index contributed by atoms with van der Waals surface area (Å²) in [5, 5.41) is 0. The molecule has 0 saturated heterocycles. The largest absolute Gasteiger partial charge is 0.327 e. The van der Waals surface area contributed by atoms with Gasteiger partial charge in [0.1, 0.15) is 0 Å². The van der Waals surface area contributed by atoms with Crippen molar-refractivity contribution >= 4 is 16.4 Å². The van der Waals surface area contributed by atoms with Crippen molar-refractivity contribution in [1.82, 2.24) is 0 Å². The van der Waals surface area contributed by atoms with Crippen LogP contribution in [0.4, 0.5) is 0 Å². The van der Waals surface area contributed by atoms with Crippen LogP contribution in [0.2, 0.25) is 6.55 Å². The molecular formula is C6H15O3PSi. The molecule has 0 aliphatic heterocycles. The molecule has 0 bridgehead atoms. The summed E-state index contributed by atoms with van der Waals surface area (Å²) in [5.74, 6) is 0. The zero-order valence-corrected chi connectivity index (χ0v) is 9.29. The van der Waals surface area contributed by atoms with Gasteiger partial charge in [-0.15, -0.1) is 12.3 Å². The van der Waals surface area contributed by atoms with Crippen LogP contribution >= 0.6 is 7.60 Å². The highest BCUT2D eigenvalue weighted by Crippen LogP contribution is 2.42. The van der Waals surface area contributed by atoms with Crippen LogP contribution in [-0.2, 0) is 13.6 Å². The highest BCUT2D eigenvalue weighted by Gasteiger charge is 2.14. The molecule has 0 aliphatic carbocycles. The van der Waals surface area contributed by atoms with Crippen molar-refractivity contribution in [2.45, 2.75) is 6.55 Å². The second-order valence-corrected chi connectivity index (χ2v) is 7.39. The summed E-state index contributed by atoms with van der Waals surface area (Å²) in [6.45, 7) is 7.18. The van der Waals surface area contributed by atoms with Crippen LogP contribution in [0, 0.1) is 0 Å². The van der Waals surface area contributed by atoms with Crippen molar-refractivity contribution < 1.29 is 13.6 Å². The van der Waals surface area contributed by atoms with Crippen LogP contribution in [0.25, 0.3) is 0 Å². The summed E-state index contributed by atoms with van der Waals surface area (Å²) in [6.07, 6.45) is 0.533. The lowest BCUT2D eigenvalue weighted by molar-refractivity contribution is 0.269. The first kappa shape index (κ1) is 11.1. The van der Waals surface area contributed by atoms with E-state index in [0.717, 1.165) is 0 Å². The van der Waals surface area contributed by atoms with Gasteiger partial charge in [-0.25, -0.2) is 0 Å². The molecule has 2 unspecified atom stereocenters. The smallest absolute Gasteiger partial charge is 0.312 e. The highest BCUT2D eigenvalue weighted by molar-refractivity contribution is 7.53. The highest BCUT2D eigenvalue weighted by atomic mass is 31.2. The second kappa shape index (κ2) is 4.88. The normalized spacial score (nSPS) is 18.8. The van der Waals surface area contributed by atoms with Gasteiger partial charge < -0.3 is 9.05 Å². The third kappa shape index (κ3) is 5.38. The molecule has 0 aromatic heterocycles. The lowest BCUT2D eigenvalue weighted by atomic mass is 11.3. The van der Waals surface area contributed by atoms with Crippen LogP contribution in [0.15, 0.2) is 12.3 Å². The molecule has 11 heavy (non-hydrogen) atoms. The average molecular weight is 194 g/mol. The molecule has 0 fully saturated rings. The summed E-state index contributed by atoms with van der Waals surface area (Å²) in [7, 11) is -2.37. The topological polar surface area (TPSA) is 35.5 Å². The number of hydrogen-bond donors (Lipinski definition) is 0. The van der Waals surface area contributed by atoms with Crippen molar-refractivity contribution in [1.29, 1.82) is 0 Å². The Hall–Kier alpha value is 0.107. The van der Waals surface area contributed by atoms with Gasteiger partial charge >= 0.3 is 7.60 Å². The summed E-state index contributed by atoms with van der Waals surface area (Å²) in [6, 6.07) is 0. The van der Waals surface area contributed by atoms with Crippen LogP contribution < -0.4 is 0 Å². The van der Waals surface area contributed by atoms with Gasteiger partial charge in [0.25, 0.3) is 0 Å². The average Bonchev–Trinajstić information content (AvgIpc) is 2.00. The van der Waals surface area contributed by atoms with Gasteiger partial charge in [-0.05, 0) is 0 Å². The van der Waals surface area contributed by atoms with E-state index in [2.05, 4.69) is 17.6 Å². The minimum atomic E-state index is -2.75. The maximum absolute atomic E-state index is 11.1. The molecule has 5 heteroatoms. The third-order valence-electron chi connectivity index (χ3n) is 1.31. The standard InChI is InChI=1S/C6H15O3PSi/c1-5-11(4)6-9-10(3,7)8-2/h5,11H,1,6H2,2-4H3. The summed E-state index contributed by atoms with van der Waals surface area (Å²) in [4.78, 5) is 0. The van der Waals surface area contributed by atoms with E-state index in [9.17, 15) is 4.57 Å². The number of rotatable bonds is 5. The van der Waals surface area contributed by atoms with Crippen molar-refractivity contribution in [2.24, 2.45) is 0 Å². The SMILES string of the molecule is C=C[SiH](C)COP(C)(=O)OC. The lowest BCUT2D eigenvalue weighted by Crippen LogP contribution is -2.12. The fourth-order valence-corrected chi connectivity index (χ4v) is 2.64. The predicted octanol–water partition coefficient (Wildman–Crippen LogP) is 1.59. The van der Waals surface area contributed by atoms with Gasteiger partial charge in [-0.1, -0.05) is 6.55 Å². The van der Waals surface area contributed by atoms with Crippen LogP contribution in [0.3, 0.4) is 0 Å². The Kier molecular flexibility index (Phi) is 4.93. The molecule has 0 aromatic carbocycles. The Morgan fingerprint density at radius 3 is 2.64 bits per heavy atom. The molecule has 0 saturated carbocycles. The first-order chi connectivity index (χ1) is 5.02. The van der Waals surface area contributed by atoms with Crippen molar-refractivity contribution in [3.05, 3.63) is 12.3 Å². The van der Waals surface area contributed by atoms with E-state index in [1.165, 1.54) is 13.8 Å². The van der Waals surface area contributed by atoms with E-state index >= 15 is 0 Å². The fraction of sp³-hybridized carbons (Fsp3) is 0.667. The van der Waals surface area contributed by atoms with Crippen molar-refractivity contribution in [2.75, 3.05) is 20.0 Å². The summed E-state index contributed by atoms with van der Waals surface area (Å²) in [5.41, 5.74) is 1.88. The monoisotopic (exact) mass is 194 g/mol. The molecule has 0 amide bonds. The molecule has 2 atom stereocenters. The molecule has 0 rings (SSSR count). The molecule has 0 heterocycles. The fourth-order valence-electron chi connectivity index (χ4n) is 0.374. The lowest BCUT2D eigenvalue weighted by Gasteiger charge is -2.12. The van der Waals surface area contributed by atoms with Gasteiger partial charge in [0.05, 0.1) is 8.80 Å². The Morgan fingerprint density at radius 1 is 1.73 bits per heavy atom. The Labute approximate surface area is 69.5 Å². The summed E-state index contributed by atoms with van der Waals surface area (Å²) < 4.78 is 20.9. The predicted molar refractivity (Wildman–Crippen MR) is 49.7 cm³/mol. The van der Waals surface area contributed by atoms with Crippen molar-refractivity contribution in [3.8, 4) is 0 Å². The number of hydrogen-bond acceptors (Lipinski definition) is 3. The Bertz CT molecular complexity index is 171. The second-order valence-electron chi connectivity index (χ2n) is 2.46. The molecule has 66 valence electrons. The molecule has 0 N–H and O–H groups in total. The van der Waals surface area contributed by atoms with Gasteiger partial charge in [0.15, 0.2) is 0 Å². The van der Waals surface area contributed by atoms with E-state index in [0.29, 0.717) is 6.23 Å². The minimum Gasteiger partial charge on any atom is -0.312 e. The quantitative estimate of drug-likeness (QED) is 0.492. The van der Waals surface area contributed by atoms with Gasteiger partial charge in [-0.3, -0.25) is 4.57 Å². The maximum atomic E-state index is 11.1. The van der Waals surface area contributed by atoms with E-state index in [4.69, 9.17) is 4.52 Å². The third-order valence-corrected chi connectivity index (χ3v) is 4.37. The molecule has 0 aromatic rings. The van der Waals surface area contributed by atoms with Crippen LogP contribution in [0.1, 0.15) is 0 Å². The van der Waals surface area contributed by atoms with Crippen molar-refractivity contribution in [3.63, 3.8) is 0 Å². The van der Waals surface area contributed by atoms with E-state index in [1.807, 2.05) is 5.70 Å². The van der Waals surface area contributed by atoms with Gasteiger partial charge in [0, 0.05) is 20.0 Å². The van der Waals surface area contributed by atoms with Gasteiger partial charge in [0.2, 0.25) is 0 Å². The summed E-state index contributed by atoms with van der Waals surface area (Å²) >= 11 is 0. The van der Waals surface area contributed by atoms with Crippen LogP contribution in [-0.4, -0.2) is 28.8 Å². The Morgan fingerprint density at radius 2 is 2.27 bits per heavy atom. The first-order valence-electron chi connectivity index (χ1n) is 3.42. The molecule has 3 nitrogen and oxygen atoms in total. The zero-order chi connectivity index (χ0) is 8.91.